The van der Waals surface area contributed by atoms with Crippen LogP contribution in [0.4, 0.5) is 0 Å². The highest BCUT2D eigenvalue weighted by Gasteiger charge is 2.15. The zero-order valence-corrected chi connectivity index (χ0v) is 12.0. The molecule has 1 aromatic rings. The average Bonchev–Trinajstić information content (AvgIpc) is 2.55. The van der Waals surface area contributed by atoms with Crippen molar-refractivity contribution in [1.29, 1.82) is 5.26 Å². The third kappa shape index (κ3) is 4.29. The molecule has 0 atom stereocenters. The molecule has 0 spiro atoms. The Morgan fingerprint density at radius 3 is 2.41 bits per heavy atom. The molecule has 0 N–H and O–H groups in total. The Bertz CT molecular complexity index is 673. The van der Waals surface area contributed by atoms with Crippen LogP contribution in [0.5, 0.6) is 0 Å². The number of nitrogens with zero attached hydrogens (tertiary/aromatic N) is 1. The van der Waals surface area contributed by atoms with Gasteiger partial charge in [-0.3, -0.25) is 4.79 Å². The number of aryl methyl sites for hydroxylation is 1. The molecule has 4 heteroatoms. The second-order valence-electron chi connectivity index (χ2n) is 4.74. The summed E-state index contributed by atoms with van der Waals surface area (Å²) < 4.78 is 5.12. The van der Waals surface area contributed by atoms with Gasteiger partial charge >= 0.3 is 5.97 Å². The van der Waals surface area contributed by atoms with E-state index >= 15 is 0 Å². The molecule has 0 amide bonds. The Labute approximate surface area is 129 Å². The maximum atomic E-state index is 11.9. The average molecular weight is 293 g/mol. The Kier molecular flexibility index (Phi) is 5.44. The monoisotopic (exact) mass is 293 g/mol. The summed E-state index contributed by atoms with van der Waals surface area (Å²) in [7, 11) is 0. The minimum Gasteiger partial charge on any atom is -0.462 e. The van der Waals surface area contributed by atoms with E-state index in [1.165, 1.54) is 29.9 Å². The number of hydrogen-bond donors (Lipinski definition) is 0. The van der Waals surface area contributed by atoms with Gasteiger partial charge in [-0.1, -0.05) is 30.3 Å². The zero-order valence-electron chi connectivity index (χ0n) is 12.0. The van der Waals surface area contributed by atoms with Gasteiger partial charge in [-0.15, -0.1) is 0 Å². The Hall–Kier alpha value is -2.93. The highest BCUT2D eigenvalue weighted by molar-refractivity contribution is 6.03. The first-order valence-corrected chi connectivity index (χ1v) is 6.96. The summed E-state index contributed by atoms with van der Waals surface area (Å²) in [5.74, 6) is -0.827. The van der Waals surface area contributed by atoms with Crippen molar-refractivity contribution in [1.82, 2.24) is 0 Å². The fraction of sp³-hybridized carbons (Fsp3) is 0.167. The molecule has 0 saturated heterocycles. The highest BCUT2D eigenvalue weighted by atomic mass is 16.5. The van der Waals surface area contributed by atoms with Crippen molar-refractivity contribution in [3.8, 4) is 6.07 Å². The van der Waals surface area contributed by atoms with Crippen molar-refractivity contribution in [3.05, 3.63) is 71.3 Å². The minimum atomic E-state index is -0.658. The molecule has 0 heterocycles. The third-order valence-corrected chi connectivity index (χ3v) is 3.14. The molecule has 4 nitrogen and oxygen atoms in total. The molecular weight excluding hydrogens is 278 g/mol. The lowest BCUT2D eigenvalue weighted by molar-refractivity contribution is -0.138. The molecule has 0 aliphatic heterocycles. The molecule has 1 aliphatic carbocycles. The van der Waals surface area contributed by atoms with Crippen LogP contribution in [0.15, 0.2) is 65.8 Å². The van der Waals surface area contributed by atoms with Gasteiger partial charge in [0.1, 0.15) is 11.6 Å². The predicted octanol–water partition coefficient (Wildman–Crippen LogP) is 2.68. The lowest BCUT2D eigenvalue weighted by Crippen LogP contribution is -2.11. The fourth-order valence-electron chi connectivity index (χ4n) is 2.01. The molecule has 0 saturated carbocycles. The van der Waals surface area contributed by atoms with Crippen LogP contribution in [0.1, 0.15) is 12.0 Å². The van der Waals surface area contributed by atoms with Gasteiger partial charge in [0.2, 0.25) is 0 Å². The van der Waals surface area contributed by atoms with Crippen LogP contribution in [0.2, 0.25) is 0 Å². The number of carbonyl (C=O) groups excluding carboxylic acids is 2. The number of ether oxygens (including phenoxy) is 1. The Balaban J connectivity index is 1.87. The van der Waals surface area contributed by atoms with Gasteiger partial charge in [-0.2, -0.15) is 5.26 Å². The zero-order chi connectivity index (χ0) is 15.8. The number of carbonyl (C=O) groups is 2. The SMILES string of the molecule is N#CC(C(=O)OCCCc1ccccc1)=C1C=CC(=O)C=C1. The topological polar surface area (TPSA) is 67.2 Å². The van der Waals surface area contributed by atoms with E-state index in [0.717, 1.165) is 6.42 Å². The lowest BCUT2D eigenvalue weighted by Gasteiger charge is -2.06. The van der Waals surface area contributed by atoms with Crippen molar-refractivity contribution in [3.63, 3.8) is 0 Å². The van der Waals surface area contributed by atoms with E-state index in [1.54, 1.807) is 0 Å². The van der Waals surface area contributed by atoms with Crippen molar-refractivity contribution in [2.24, 2.45) is 0 Å². The Morgan fingerprint density at radius 2 is 1.77 bits per heavy atom. The molecule has 0 aromatic heterocycles. The maximum Gasteiger partial charge on any atom is 0.349 e. The number of allylic oxidation sites excluding steroid dienone is 5. The van der Waals surface area contributed by atoms with Crippen LogP contribution >= 0.6 is 0 Å². The number of hydrogen-bond acceptors (Lipinski definition) is 4. The molecule has 1 aromatic carbocycles. The first kappa shape index (κ1) is 15.5. The number of ketones is 1. The van der Waals surface area contributed by atoms with E-state index in [0.29, 0.717) is 12.0 Å². The summed E-state index contributed by atoms with van der Waals surface area (Å²) in [5, 5.41) is 9.09. The molecule has 0 radical (unpaired) electrons. The van der Waals surface area contributed by atoms with Crippen molar-refractivity contribution >= 4 is 11.8 Å². The number of nitriles is 1. The highest BCUT2D eigenvalue weighted by Crippen LogP contribution is 2.13. The van der Waals surface area contributed by atoms with Crippen LogP contribution in [-0.4, -0.2) is 18.4 Å². The lowest BCUT2D eigenvalue weighted by atomic mass is 10.0. The molecule has 22 heavy (non-hydrogen) atoms. The molecular formula is C18H15NO3. The van der Waals surface area contributed by atoms with Crippen LogP contribution in [0.25, 0.3) is 0 Å². The molecule has 110 valence electrons. The van der Waals surface area contributed by atoms with E-state index in [2.05, 4.69) is 0 Å². The van der Waals surface area contributed by atoms with Crippen molar-refractivity contribution in [2.75, 3.05) is 6.61 Å². The second-order valence-corrected chi connectivity index (χ2v) is 4.74. The molecule has 0 unspecified atom stereocenters. The standard InChI is InChI=1S/C18H15NO3/c19-13-17(15-8-10-16(20)11-9-15)18(21)22-12-4-7-14-5-2-1-3-6-14/h1-3,5-6,8-11H,4,7,12H2. The summed E-state index contributed by atoms with van der Waals surface area (Å²) in [6, 6.07) is 11.7. The van der Waals surface area contributed by atoms with E-state index in [-0.39, 0.29) is 18.0 Å². The minimum absolute atomic E-state index is 0.0836. The van der Waals surface area contributed by atoms with E-state index in [4.69, 9.17) is 10.00 Å². The predicted molar refractivity (Wildman–Crippen MR) is 81.6 cm³/mol. The summed E-state index contributed by atoms with van der Waals surface area (Å²) >= 11 is 0. The fourth-order valence-corrected chi connectivity index (χ4v) is 2.01. The third-order valence-electron chi connectivity index (χ3n) is 3.14. The first-order valence-electron chi connectivity index (χ1n) is 6.96. The molecule has 0 bridgehead atoms. The van der Waals surface area contributed by atoms with E-state index in [1.807, 2.05) is 36.4 Å². The van der Waals surface area contributed by atoms with Crippen molar-refractivity contribution < 1.29 is 14.3 Å². The smallest absolute Gasteiger partial charge is 0.349 e. The number of esters is 1. The molecule has 2 rings (SSSR count). The quantitative estimate of drug-likeness (QED) is 0.362. The van der Waals surface area contributed by atoms with Crippen LogP contribution in [0, 0.1) is 11.3 Å². The number of benzene rings is 1. The van der Waals surface area contributed by atoms with Gasteiger partial charge in [-0.25, -0.2) is 4.79 Å². The summed E-state index contributed by atoms with van der Waals surface area (Å²) in [6.07, 6.45) is 7.03. The van der Waals surface area contributed by atoms with Gasteiger partial charge < -0.3 is 4.74 Å². The van der Waals surface area contributed by atoms with E-state index in [9.17, 15) is 9.59 Å². The molecule has 1 aliphatic rings. The van der Waals surface area contributed by atoms with Gasteiger partial charge in [0, 0.05) is 0 Å². The molecule has 0 fully saturated rings. The summed E-state index contributed by atoms with van der Waals surface area (Å²) in [5.41, 5.74) is 1.49. The van der Waals surface area contributed by atoms with Gasteiger partial charge in [0.25, 0.3) is 0 Å². The van der Waals surface area contributed by atoms with Crippen molar-refractivity contribution in [2.45, 2.75) is 12.8 Å². The van der Waals surface area contributed by atoms with E-state index < -0.39 is 5.97 Å². The summed E-state index contributed by atoms with van der Waals surface area (Å²) in [4.78, 5) is 23.0. The first-order chi connectivity index (χ1) is 10.7. The second kappa shape index (κ2) is 7.75. The van der Waals surface area contributed by atoms with Crippen LogP contribution in [0.3, 0.4) is 0 Å². The number of rotatable bonds is 5. The van der Waals surface area contributed by atoms with Crippen LogP contribution in [-0.2, 0) is 20.7 Å². The van der Waals surface area contributed by atoms with Gasteiger partial charge in [-0.05, 0) is 48.3 Å². The normalized spacial score (nSPS) is 12.9. The summed E-state index contributed by atoms with van der Waals surface area (Å²) in [6.45, 7) is 0.249. The Morgan fingerprint density at radius 1 is 1.09 bits per heavy atom. The largest absolute Gasteiger partial charge is 0.462 e. The van der Waals surface area contributed by atoms with Crippen LogP contribution < -0.4 is 0 Å². The van der Waals surface area contributed by atoms with Gasteiger partial charge in [0.05, 0.1) is 6.61 Å². The van der Waals surface area contributed by atoms with Gasteiger partial charge in [0.15, 0.2) is 5.78 Å². The maximum absolute atomic E-state index is 11.9.